The molecule has 0 saturated carbocycles. The zero-order valence-corrected chi connectivity index (χ0v) is 12.7. The van der Waals surface area contributed by atoms with E-state index in [0.717, 1.165) is 30.8 Å². The van der Waals surface area contributed by atoms with Crippen LogP contribution in [0.2, 0.25) is 0 Å². The normalized spacial score (nSPS) is 11.0. The molecule has 0 saturated heterocycles. The molecular weight excluding hydrogens is 252 g/mol. The molecule has 0 aliphatic carbocycles. The van der Waals surface area contributed by atoms with Crippen LogP contribution in [0.1, 0.15) is 47.2 Å². The summed E-state index contributed by atoms with van der Waals surface area (Å²) in [6.07, 6.45) is 3.91. The molecule has 0 aliphatic rings. The molecule has 0 aromatic carbocycles. The van der Waals surface area contributed by atoms with Gasteiger partial charge in [0.25, 0.3) is 0 Å². The van der Waals surface area contributed by atoms with E-state index in [4.69, 9.17) is 0 Å². The van der Waals surface area contributed by atoms with Gasteiger partial charge in [0.2, 0.25) is 0 Å². The van der Waals surface area contributed by atoms with Crippen LogP contribution in [0.15, 0.2) is 12.3 Å². The van der Waals surface area contributed by atoms with E-state index >= 15 is 0 Å². The van der Waals surface area contributed by atoms with Crippen LogP contribution in [-0.4, -0.2) is 25.3 Å². The number of carbonyl (C=O) groups excluding carboxylic acids is 1. The van der Waals surface area contributed by atoms with Crippen LogP contribution in [0.5, 0.6) is 0 Å². The van der Waals surface area contributed by atoms with E-state index in [1.807, 2.05) is 25.6 Å². The Balaban J connectivity index is 2.07. The van der Waals surface area contributed by atoms with Crippen molar-refractivity contribution in [2.24, 2.45) is 7.05 Å². The molecule has 2 heterocycles. The van der Waals surface area contributed by atoms with Crippen LogP contribution in [0.3, 0.4) is 0 Å². The van der Waals surface area contributed by atoms with Crippen molar-refractivity contribution in [2.75, 3.05) is 0 Å². The SMILES string of the molecule is CCCn1nccc1C(=O)CCc1c(C)nn(C)c1C. The quantitative estimate of drug-likeness (QED) is 0.760. The lowest BCUT2D eigenvalue weighted by molar-refractivity contribution is 0.0972. The molecule has 2 aromatic heterocycles. The lowest BCUT2D eigenvalue weighted by Crippen LogP contribution is -2.11. The fourth-order valence-corrected chi connectivity index (χ4v) is 2.51. The monoisotopic (exact) mass is 274 g/mol. The molecule has 0 spiro atoms. The van der Waals surface area contributed by atoms with Gasteiger partial charge in [0.1, 0.15) is 5.69 Å². The third-order valence-corrected chi connectivity index (χ3v) is 3.70. The minimum atomic E-state index is 0.151. The van der Waals surface area contributed by atoms with E-state index < -0.39 is 0 Å². The Labute approximate surface area is 119 Å². The molecule has 0 fully saturated rings. The molecule has 0 atom stereocenters. The van der Waals surface area contributed by atoms with E-state index in [9.17, 15) is 4.79 Å². The van der Waals surface area contributed by atoms with E-state index in [0.29, 0.717) is 12.1 Å². The second kappa shape index (κ2) is 6.03. The van der Waals surface area contributed by atoms with Gasteiger partial charge in [-0.3, -0.25) is 14.2 Å². The first-order valence-electron chi connectivity index (χ1n) is 7.08. The molecule has 0 unspecified atom stereocenters. The van der Waals surface area contributed by atoms with Crippen molar-refractivity contribution in [2.45, 2.75) is 46.6 Å². The van der Waals surface area contributed by atoms with Crippen LogP contribution >= 0.6 is 0 Å². The molecule has 0 radical (unpaired) electrons. The lowest BCUT2D eigenvalue weighted by atomic mass is 10.0. The van der Waals surface area contributed by atoms with Gasteiger partial charge in [-0.1, -0.05) is 6.92 Å². The van der Waals surface area contributed by atoms with Gasteiger partial charge in [-0.2, -0.15) is 10.2 Å². The van der Waals surface area contributed by atoms with Crippen LogP contribution in [0.25, 0.3) is 0 Å². The molecule has 0 N–H and O–H groups in total. The van der Waals surface area contributed by atoms with Crippen molar-refractivity contribution in [1.82, 2.24) is 19.6 Å². The molecule has 2 rings (SSSR count). The van der Waals surface area contributed by atoms with Gasteiger partial charge >= 0.3 is 0 Å². The molecule has 5 nitrogen and oxygen atoms in total. The second-order valence-electron chi connectivity index (χ2n) is 5.14. The Morgan fingerprint density at radius 1 is 1.35 bits per heavy atom. The minimum absolute atomic E-state index is 0.151. The highest BCUT2D eigenvalue weighted by molar-refractivity contribution is 5.94. The van der Waals surface area contributed by atoms with Crippen LogP contribution in [-0.2, 0) is 20.0 Å². The first-order chi connectivity index (χ1) is 9.54. The molecule has 20 heavy (non-hydrogen) atoms. The summed E-state index contributed by atoms with van der Waals surface area (Å²) in [4.78, 5) is 12.3. The third-order valence-electron chi connectivity index (χ3n) is 3.70. The molecule has 0 aliphatic heterocycles. The molecular formula is C15H22N4O. The van der Waals surface area contributed by atoms with E-state index in [-0.39, 0.29) is 5.78 Å². The van der Waals surface area contributed by atoms with Crippen molar-refractivity contribution in [3.8, 4) is 0 Å². The van der Waals surface area contributed by atoms with Gasteiger partial charge in [0, 0.05) is 31.9 Å². The predicted molar refractivity (Wildman–Crippen MR) is 77.9 cm³/mol. The number of aryl methyl sites for hydroxylation is 3. The third kappa shape index (κ3) is 2.81. The summed E-state index contributed by atoms with van der Waals surface area (Å²) >= 11 is 0. The average molecular weight is 274 g/mol. The Morgan fingerprint density at radius 3 is 2.70 bits per heavy atom. The number of rotatable bonds is 6. The van der Waals surface area contributed by atoms with Gasteiger partial charge in [0.15, 0.2) is 5.78 Å². The van der Waals surface area contributed by atoms with Crippen LogP contribution in [0.4, 0.5) is 0 Å². The summed E-state index contributed by atoms with van der Waals surface area (Å²) in [5.74, 6) is 0.151. The van der Waals surface area contributed by atoms with Gasteiger partial charge in [0.05, 0.1) is 5.69 Å². The molecule has 5 heteroatoms. The zero-order chi connectivity index (χ0) is 14.7. The first-order valence-corrected chi connectivity index (χ1v) is 7.08. The zero-order valence-electron chi connectivity index (χ0n) is 12.7. The van der Waals surface area contributed by atoms with E-state index in [2.05, 4.69) is 17.1 Å². The predicted octanol–water partition coefficient (Wildman–Crippen LogP) is 2.46. The van der Waals surface area contributed by atoms with Gasteiger partial charge in [-0.05, 0) is 38.3 Å². The van der Waals surface area contributed by atoms with Crippen LogP contribution in [0, 0.1) is 13.8 Å². The highest BCUT2D eigenvalue weighted by Crippen LogP contribution is 2.15. The number of aromatic nitrogens is 4. The summed E-state index contributed by atoms with van der Waals surface area (Å²) in [7, 11) is 1.93. The smallest absolute Gasteiger partial charge is 0.181 e. The van der Waals surface area contributed by atoms with Gasteiger partial charge in [-0.25, -0.2) is 0 Å². The summed E-state index contributed by atoms with van der Waals surface area (Å²) in [6.45, 7) is 6.91. The maximum Gasteiger partial charge on any atom is 0.181 e. The number of Topliss-reactive ketones (excluding diaryl/α,β-unsaturated/α-hetero) is 1. The Bertz CT molecular complexity index is 609. The first kappa shape index (κ1) is 14.5. The summed E-state index contributed by atoms with van der Waals surface area (Å²) in [6, 6.07) is 1.81. The van der Waals surface area contributed by atoms with Crippen molar-refractivity contribution >= 4 is 5.78 Å². The maximum atomic E-state index is 12.3. The minimum Gasteiger partial charge on any atom is -0.292 e. The lowest BCUT2D eigenvalue weighted by Gasteiger charge is -2.05. The highest BCUT2D eigenvalue weighted by atomic mass is 16.1. The largest absolute Gasteiger partial charge is 0.292 e. The van der Waals surface area contributed by atoms with Crippen molar-refractivity contribution < 1.29 is 4.79 Å². The highest BCUT2D eigenvalue weighted by Gasteiger charge is 2.15. The van der Waals surface area contributed by atoms with Gasteiger partial charge in [-0.15, -0.1) is 0 Å². The molecule has 108 valence electrons. The topological polar surface area (TPSA) is 52.7 Å². The standard InChI is InChI=1S/C15H22N4O/c1-5-10-19-14(8-9-16-19)15(20)7-6-13-11(2)17-18(4)12(13)3/h8-9H,5-7,10H2,1-4H3. The molecule has 0 amide bonds. The fourth-order valence-electron chi connectivity index (χ4n) is 2.51. The Hall–Kier alpha value is -1.91. The van der Waals surface area contributed by atoms with Crippen molar-refractivity contribution in [3.63, 3.8) is 0 Å². The number of hydrogen-bond acceptors (Lipinski definition) is 3. The Kier molecular flexibility index (Phi) is 4.37. The number of hydrogen-bond donors (Lipinski definition) is 0. The number of nitrogens with zero attached hydrogens (tertiary/aromatic N) is 4. The molecule has 0 bridgehead atoms. The van der Waals surface area contributed by atoms with Crippen molar-refractivity contribution in [1.29, 1.82) is 0 Å². The second-order valence-corrected chi connectivity index (χ2v) is 5.14. The van der Waals surface area contributed by atoms with Gasteiger partial charge < -0.3 is 0 Å². The van der Waals surface area contributed by atoms with E-state index in [1.165, 1.54) is 5.56 Å². The summed E-state index contributed by atoms with van der Waals surface area (Å²) in [5.41, 5.74) is 4.05. The average Bonchev–Trinajstić information content (AvgIpc) is 2.95. The Morgan fingerprint density at radius 2 is 2.10 bits per heavy atom. The van der Waals surface area contributed by atoms with E-state index in [1.54, 1.807) is 16.9 Å². The number of ketones is 1. The fraction of sp³-hybridized carbons (Fsp3) is 0.533. The summed E-state index contributed by atoms with van der Waals surface area (Å²) < 4.78 is 3.67. The maximum absolute atomic E-state index is 12.3. The van der Waals surface area contributed by atoms with Crippen LogP contribution < -0.4 is 0 Å². The molecule has 2 aromatic rings. The number of carbonyl (C=O) groups is 1. The summed E-state index contributed by atoms with van der Waals surface area (Å²) in [5, 5.41) is 8.59. The van der Waals surface area contributed by atoms with Crippen molar-refractivity contribution in [3.05, 3.63) is 34.9 Å².